The molecule has 0 aromatic heterocycles. The Bertz CT molecular complexity index is 342. The number of rotatable bonds is 2. The minimum atomic E-state index is -1.31. The monoisotopic (exact) mass is 266 g/mol. The fourth-order valence-electron chi connectivity index (χ4n) is 1.64. The Morgan fingerprint density at radius 2 is 1.67 bits per heavy atom. The number of aromatic hydroxyl groups is 1. The third-order valence-corrected chi connectivity index (χ3v) is 2.68. The molecular weight excluding hydrogens is 254 g/mol. The molecule has 0 radical (unpaired) electrons. The summed E-state index contributed by atoms with van der Waals surface area (Å²) in [6.07, 6.45) is 0.349. The Morgan fingerprint density at radius 3 is 2.13 bits per heavy atom. The van der Waals surface area contributed by atoms with Gasteiger partial charge in [0.15, 0.2) is 3.79 Å². The summed E-state index contributed by atoms with van der Waals surface area (Å²) in [5.74, 6) is 0.233. The Labute approximate surface area is 105 Å². The molecule has 0 heterocycles. The van der Waals surface area contributed by atoms with E-state index in [0.29, 0.717) is 6.42 Å². The maximum atomic E-state index is 9.71. The molecular formula is C11H13Cl3O. The summed E-state index contributed by atoms with van der Waals surface area (Å²) in [5, 5.41) is 9.71. The molecule has 84 valence electrons. The van der Waals surface area contributed by atoms with Gasteiger partial charge in [-0.3, -0.25) is 0 Å². The Balaban J connectivity index is 3.01. The maximum absolute atomic E-state index is 9.71. The van der Waals surface area contributed by atoms with Crippen molar-refractivity contribution in [2.45, 2.75) is 29.5 Å². The normalized spacial score (nSPS) is 12.9. The summed E-state index contributed by atoms with van der Waals surface area (Å²) in [7, 11) is 0. The highest BCUT2D eigenvalue weighted by atomic mass is 35.6. The van der Waals surface area contributed by atoms with Crippen molar-refractivity contribution in [2.75, 3.05) is 0 Å². The van der Waals surface area contributed by atoms with Gasteiger partial charge in [-0.05, 0) is 17.0 Å². The molecule has 0 spiro atoms. The van der Waals surface area contributed by atoms with E-state index < -0.39 is 3.79 Å². The number of hydrogen-bond acceptors (Lipinski definition) is 1. The second-order valence-electron chi connectivity index (χ2n) is 4.19. The minimum Gasteiger partial charge on any atom is -0.508 e. The number of benzene rings is 1. The zero-order valence-electron chi connectivity index (χ0n) is 8.60. The van der Waals surface area contributed by atoms with E-state index in [9.17, 15) is 5.11 Å². The average molecular weight is 268 g/mol. The first kappa shape index (κ1) is 13.0. The highest BCUT2D eigenvalue weighted by Crippen LogP contribution is 2.42. The Hall–Kier alpha value is -0.110. The van der Waals surface area contributed by atoms with E-state index in [4.69, 9.17) is 34.8 Å². The molecule has 1 rings (SSSR count). The summed E-state index contributed by atoms with van der Waals surface area (Å²) in [4.78, 5) is 0. The fourth-order valence-corrected chi connectivity index (χ4v) is 2.64. The first-order valence-corrected chi connectivity index (χ1v) is 5.71. The van der Waals surface area contributed by atoms with Gasteiger partial charge in [0.1, 0.15) is 5.75 Å². The summed E-state index contributed by atoms with van der Waals surface area (Å²) >= 11 is 17.3. The Kier molecular flexibility index (Phi) is 3.80. The molecule has 0 atom stereocenters. The SMILES string of the molecule is CC(C)(CC(Cl)(Cl)Cl)c1ccccc1O. The predicted octanol–water partition coefficient (Wildman–Crippen LogP) is 4.43. The van der Waals surface area contributed by atoms with Crippen LogP contribution in [0.25, 0.3) is 0 Å². The lowest BCUT2D eigenvalue weighted by Crippen LogP contribution is -2.24. The van der Waals surface area contributed by atoms with E-state index in [0.717, 1.165) is 5.56 Å². The van der Waals surface area contributed by atoms with Crippen LogP contribution in [0.3, 0.4) is 0 Å². The third-order valence-electron chi connectivity index (χ3n) is 2.28. The number of halogens is 3. The van der Waals surface area contributed by atoms with Crippen LogP contribution in [0.2, 0.25) is 0 Å². The van der Waals surface area contributed by atoms with Gasteiger partial charge in [0, 0.05) is 6.42 Å². The molecule has 0 unspecified atom stereocenters. The first-order chi connectivity index (χ1) is 6.72. The van der Waals surface area contributed by atoms with Crippen molar-refractivity contribution >= 4 is 34.8 Å². The van der Waals surface area contributed by atoms with Crippen molar-refractivity contribution < 1.29 is 5.11 Å². The molecule has 0 fully saturated rings. The molecule has 0 amide bonds. The predicted molar refractivity (Wildman–Crippen MR) is 66.0 cm³/mol. The largest absolute Gasteiger partial charge is 0.508 e. The fraction of sp³-hybridized carbons (Fsp3) is 0.455. The van der Waals surface area contributed by atoms with Gasteiger partial charge in [-0.1, -0.05) is 66.8 Å². The Morgan fingerprint density at radius 1 is 1.13 bits per heavy atom. The van der Waals surface area contributed by atoms with E-state index >= 15 is 0 Å². The second-order valence-corrected chi connectivity index (χ2v) is 6.71. The number of para-hydroxylation sites is 1. The zero-order valence-corrected chi connectivity index (χ0v) is 10.9. The number of hydrogen-bond donors (Lipinski definition) is 1. The van der Waals surface area contributed by atoms with Crippen molar-refractivity contribution in [3.63, 3.8) is 0 Å². The van der Waals surface area contributed by atoms with E-state index in [1.807, 2.05) is 26.0 Å². The summed E-state index contributed by atoms with van der Waals surface area (Å²) < 4.78 is -1.31. The molecule has 0 bridgehead atoms. The van der Waals surface area contributed by atoms with Crippen molar-refractivity contribution in [3.05, 3.63) is 29.8 Å². The number of alkyl halides is 3. The summed E-state index contributed by atoms with van der Waals surface area (Å²) in [6.45, 7) is 3.87. The smallest absolute Gasteiger partial charge is 0.191 e. The molecule has 1 nitrogen and oxygen atoms in total. The molecule has 15 heavy (non-hydrogen) atoms. The van der Waals surface area contributed by atoms with Crippen LogP contribution in [0.4, 0.5) is 0 Å². The molecule has 0 saturated carbocycles. The van der Waals surface area contributed by atoms with E-state index in [-0.39, 0.29) is 11.2 Å². The molecule has 1 aromatic rings. The van der Waals surface area contributed by atoms with Crippen molar-refractivity contribution in [1.29, 1.82) is 0 Å². The highest BCUT2D eigenvalue weighted by molar-refractivity contribution is 6.67. The summed E-state index contributed by atoms with van der Waals surface area (Å²) in [6, 6.07) is 7.10. The van der Waals surface area contributed by atoms with Crippen LogP contribution >= 0.6 is 34.8 Å². The van der Waals surface area contributed by atoms with Crippen LogP contribution in [0.1, 0.15) is 25.8 Å². The van der Waals surface area contributed by atoms with Gasteiger partial charge >= 0.3 is 0 Å². The van der Waals surface area contributed by atoms with Crippen molar-refractivity contribution in [1.82, 2.24) is 0 Å². The molecule has 0 saturated heterocycles. The van der Waals surface area contributed by atoms with Crippen molar-refractivity contribution in [2.24, 2.45) is 0 Å². The van der Waals surface area contributed by atoms with E-state index in [1.54, 1.807) is 12.1 Å². The minimum absolute atomic E-state index is 0.233. The molecule has 1 aromatic carbocycles. The topological polar surface area (TPSA) is 20.2 Å². The lowest BCUT2D eigenvalue weighted by molar-refractivity contribution is 0.422. The average Bonchev–Trinajstić information content (AvgIpc) is 1.99. The van der Waals surface area contributed by atoms with Crippen LogP contribution in [0, 0.1) is 0 Å². The quantitative estimate of drug-likeness (QED) is 0.786. The molecule has 0 aliphatic carbocycles. The lowest BCUT2D eigenvalue weighted by Gasteiger charge is -2.29. The molecule has 0 aliphatic heterocycles. The van der Waals surface area contributed by atoms with Crippen LogP contribution in [0.15, 0.2) is 24.3 Å². The van der Waals surface area contributed by atoms with Gasteiger partial charge in [0.05, 0.1) is 0 Å². The molecule has 4 heteroatoms. The maximum Gasteiger partial charge on any atom is 0.191 e. The number of phenols is 1. The van der Waals surface area contributed by atoms with Gasteiger partial charge < -0.3 is 5.11 Å². The molecule has 0 aliphatic rings. The van der Waals surface area contributed by atoms with Gasteiger partial charge in [0.2, 0.25) is 0 Å². The third kappa shape index (κ3) is 3.75. The van der Waals surface area contributed by atoms with E-state index in [2.05, 4.69) is 0 Å². The van der Waals surface area contributed by atoms with Crippen LogP contribution in [-0.4, -0.2) is 8.90 Å². The second kappa shape index (κ2) is 4.40. The summed E-state index contributed by atoms with van der Waals surface area (Å²) in [5.41, 5.74) is 0.410. The van der Waals surface area contributed by atoms with Crippen LogP contribution in [0.5, 0.6) is 5.75 Å². The van der Waals surface area contributed by atoms with Gasteiger partial charge in [-0.25, -0.2) is 0 Å². The molecule has 1 N–H and O–H groups in total. The highest BCUT2D eigenvalue weighted by Gasteiger charge is 2.33. The van der Waals surface area contributed by atoms with E-state index in [1.165, 1.54) is 0 Å². The number of phenolic OH excluding ortho intramolecular Hbond substituents is 1. The van der Waals surface area contributed by atoms with Gasteiger partial charge in [-0.15, -0.1) is 0 Å². The van der Waals surface area contributed by atoms with Crippen LogP contribution in [-0.2, 0) is 5.41 Å². The lowest BCUT2D eigenvalue weighted by atomic mass is 9.81. The standard InChI is InChI=1S/C11H13Cl3O/c1-10(2,7-11(12,13)14)8-5-3-4-6-9(8)15/h3-6,15H,7H2,1-2H3. The van der Waals surface area contributed by atoms with Crippen molar-refractivity contribution in [3.8, 4) is 5.75 Å². The van der Waals surface area contributed by atoms with Gasteiger partial charge in [0.25, 0.3) is 0 Å². The van der Waals surface area contributed by atoms with Gasteiger partial charge in [-0.2, -0.15) is 0 Å². The first-order valence-electron chi connectivity index (χ1n) is 4.58. The zero-order chi connectivity index (χ0) is 11.7. The van der Waals surface area contributed by atoms with Crippen LogP contribution < -0.4 is 0 Å².